The summed E-state index contributed by atoms with van der Waals surface area (Å²) < 4.78 is 12.4. The molecule has 0 spiro atoms. The van der Waals surface area contributed by atoms with Gasteiger partial charge in [-0.15, -0.1) is 0 Å². The number of halogens is 3. The van der Waals surface area contributed by atoms with Crippen molar-refractivity contribution in [1.82, 2.24) is 0 Å². The van der Waals surface area contributed by atoms with Crippen LogP contribution < -0.4 is 4.74 Å². The lowest BCUT2D eigenvalue weighted by Crippen LogP contribution is -2.06. The minimum atomic E-state index is -0.552. The number of nitrogens with zero attached hydrogens (tertiary/aromatic N) is 1. The Kier molecular flexibility index (Phi) is 6.41. The number of hydrogen-bond acceptors (Lipinski definition) is 4. The fourth-order valence-electron chi connectivity index (χ4n) is 2.85. The maximum absolute atomic E-state index is 12.4. The number of rotatable bonds is 5. The molecule has 0 saturated carbocycles. The summed E-state index contributed by atoms with van der Waals surface area (Å²) in [6.45, 7) is 0.413. The number of aliphatic imine (C=N–C) groups is 1. The van der Waals surface area contributed by atoms with E-state index in [9.17, 15) is 4.79 Å². The summed E-state index contributed by atoms with van der Waals surface area (Å²) in [5.74, 6) is 0.235. The van der Waals surface area contributed by atoms with E-state index in [1.54, 1.807) is 24.3 Å². The Morgan fingerprint density at radius 3 is 2.67 bits per heavy atom. The quantitative estimate of drug-likeness (QED) is 0.207. The highest BCUT2D eigenvalue weighted by atomic mass is 127. The van der Waals surface area contributed by atoms with Gasteiger partial charge < -0.3 is 9.47 Å². The summed E-state index contributed by atoms with van der Waals surface area (Å²) in [6.07, 6.45) is 1.64. The van der Waals surface area contributed by atoms with Crippen LogP contribution in [0.1, 0.15) is 16.7 Å². The van der Waals surface area contributed by atoms with Gasteiger partial charge in [0.15, 0.2) is 5.70 Å². The molecule has 30 heavy (non-hydrogen) atoms. The molecular weight excluding hydrogens is 536 g/mol. The van der Waals surface area contributed by atoms with Crippen molar-refractivity contribution in [1.29, 1.82) is 0 Å². The van der Waals surface area contributed by atoms with E-state index >= 15 is 0 Å². The van der Waals surface area contributed by atoms with E-state index in [1.807, 2.05) is 42.5 Å². The van der Waals surface area contributed by atoms with Gasteiger partial charge in [0.25, 0.3) is 0 Å². The van der Waals surface area contributed by atoms with Crippen LogP contribution in [0.25, 0.3) is 6.08 Å². The van der Waals surface area contributed by atoms with Crippen LogP contribution in [0.4, 0.5) is 0 Å². The van der Waals surface area contributed by atoms with Crippen LogP contribution in [0.5, 0.6) is 5.75 Å². The smallest absolute Gasteiger partial charge is 0.363 e. The van der Waals surface area contributed by atoms with Crippen LogP contribution in [0.3, 0.4) is 0 Å². The van der Waals surface area contributed by atoms with Gasteiger partial charge in [-0.25, -0.2) is 9.79 Å². The van der Waals surface area contributed by atoms with Crippen molar-refractivity contribution >= 4 is 63.7 Å². The van der Waals surface area contributed by atoms with Crippen molar-refractivity contribution in [3.8, 4) is 5.75 Å². The lowest BCUT2D eigenvalue weighted by atomic mass is 10.1. The average molecular weight is 550 g/mol. The van der Waals surface area contributed by atoms with Gasteiger partial charge in [-0.1, -0.05) is 53.5 Å². The summed E-state index contributed by atoms with van der Waals surface area (Å²) in [6, 6.07) is 20.4. The van der Waals surface area contributed by atoms with Crippen LogP contribution in [-0.2, 0) is 16.1 Å². The molecule has 1 aliphatic rings. The van der Waals surface area contributed by atoms with E-state index in [1.165, 1.54) is 0 Å². The molecule has 0 unspecified atom stereocenters. The van der Waals surface area contributed by atoms with Gasteiger partial charge in [0.2, 0.25) is 5.90 Å². The molecule has 0 aliphatic carbocycles. The SMILES string of the molecule is O=C1OC(c2ccc(Cl)cc2Cl)=N/C1=C\c1ccccc1OCc1cccc(I)c1. The first kappa shape index (κ1) is 20.9. The monoisotopic (exact) mass is 549 g/mol. The highest BCUT2D eigenvalue weighted by Gasteiger charge is 2.26. The molecule has 1 heterocycles. The van der Waals surface area contributed by atoms with E-state index in [0.29, 0.717) is 28.0 Å². The fraction of sp³-hybridized carbons (Fsp3) is 0.0435. The summed E-state index contributed by atoms with van der Waals surface area (Å²) in [5, 5.41) is 0.847. The Morgan fingerprint density at radius 1 is 1.03 bits per heavy atom. The van der Waals surface area contributed by atoms with E-state index in [0.717, 1.165) is 14.7 Å². The summed E-state index contributed by atoms with van der Waals surface area (Å²) in [5.41, 5.74) is 2.45. The number of hydrogen-bond donors (Lipinski definition) is 0. The highest BCUT2D eigenvalue weighted by Crippen LogP contribution is 2.28. The number of esters is 1. The van der Waals surface area contributed by atoms with Crippen molar-refractivity contribution in [2.24, 2.45) is 4.99 Å². The average Bonchev–Trinajstić information content (AvgIpc) is 3.07. The molecule has 7 heteroatoms. The Morgan fingerprint density at radius 2 is 1.87 bits per heavy atom. The zero-order valence-electron chi connectivity index (χ0n) is 15.4. The van der Waals surface area contributed by atoms with Gasteiger partial charge in [-0.3, -0.25) is 0 Å². The highest BCUT2D eigenvalue weighted by molar-refractivity contribution is 14.1. The maximum atomic E-state index is 12.4. The van der Waals surface area contributed by atoms with Crippen molar-refractivity contribution in [2.45, 2.75) is 6.61 Å². The fourth-order valence-corrected chi connectivity index (χ4v) is 3.95. The van der Waals surface area contributed by atoms with Gasteiger partial charge in [-0.05, 0) is 70.6 Å². The van der Waals surface area contributed by atoms with Crippen molar-refractivity contribution in [2.75, 3.05) is 0 Å². The first-order valence-corrected chi connectivity index (χ1v) is 10.8. The number of ether oxygens (including phenoxy) is 2. The number of benzene rings is 3. The number of para-hydroxylation sites is 1. The Hall–Kier alpha value is -2.35. The molecule has 150 valence electrons. The minimum absolute atomic E-state index is 0.144. The van der Waals surface area contributed by atoms with E-state index in [2.05, 4.69) is 33.6 Å². The third-order valence-electron chi connectivity index (χ3n) is 4.28. The van der Waals surface area contributed by atoms with Crippen molar-refractivity contribution < 1.29 is 14.3 Å². The number of cyclic esters (lactones) is 1. The molecule has 1 aliphatic heterocycles. The molecule has 0 aromatic heterocycles. The van der Waals surface area contributed by atoms with E-state index in [4.69, 9.17) is 32.7 Å². The molecule has 0 atom stereocenters. The molecular formula is C23H14Cl2INO3. The molecule has 0 saturated heterocycles. The predicted molar refractivity (Wildman–Crippen MR) is 127 cm³/mol. The van der Waals surface area contributed by atoms with Gasteiger partial charge >= 0.3 is 5.97 Å². The second kappa shape index (κ2) is 9.20. The standard InChI is InChI=1S/C23H14Cl2INO3/c24-16-8-9-18(19(25)12-16)22-27-20(23(28)30-22)11-15-5-1-2-7-21(15)29-13-14-4-3-6-17(26)10-14/h1-12H,13H2/b20-11-. The molecule has 3 aromatic rings. The topological polar surface area (TPSA) is 47.9 Å². The van der Waals surface area contributed by atoms with Crippen LogP contribution >= 0.6 is 45.8 Å². The summed E-state index contributed by atoms with van der Waals surface area (Å²) >= 11 is 14.4. The third kappa shape index (κ3) is 4.86. The molecule has 0 fully saturated rings. The third-order valence-corrected chi connectivity index (χ3v) is 5.50. The van der Waals surface area contributed by atoms with E-state index in [-0.39, 0.29) is 11.6 Å². The minimum Gasteiger partial charge on any atom is -0.488 e. The molecule has 0 radical (unpaired) electrons. The zero-order valence-corrected chi connectivity index (χ0v) is 19.1. The van der Waals surface area contributed by atoms with Crippen LogP contribution in [-0.4, -0.2) is 11.9 Å². The lowest BCUT2D eigenvalue weighted by molar-refractivity contribution is -0.129. The molecule has 3 aromatic carbocycles. The van der Waals surface area contributed by atoms with Crippen molar-refractivity contribution in [3.05, 3.63) is 103 Å². The Bertz CT molecular complexity index is 1190. The first-order chi connectivity index (χ1) is 14.5. The second-order valence-electron chi connectivity index (χ2n) is 6.42. The largest absolute Gasteiger partial charge is 0.488 e. The van der Waals surface area contributed by atoms with Crippen LogP contribution in [0, 0.1) is 3.57 Å². The molecule has 4 nitrogen and oxygen atoms in total. The van der Waals surface area contributed by atoms with Gasteiger partial charge in [0, 0.05) is 14.2 Å². The lowest BCUT2D eigenvalue weighted by Gasteiger charge is -2.09. The summed E-state index contributed by atoms with van der Waals surface area (Å²) in [7, 11) is 0. The molecule has 0 bridgehead atoms. The molecule has 4 rings (SSSR count). The zero-order chi connectivity index (χ0) is 21.1. The number of carbonyl (C=O) groups is 1. The van der Waals surface area contributed by atoms with Gasteiger partial charge in [0.1, 0.15) is 12.4 Å². The maximum Gasteiger partial charge on any atom is 0.363 e. The second-order valence-corrected chi connectivity index (χ2v) is 8.51. The Labute approximate surface area is 197 Å². The van der Waals surface area contributed by atoms with Crippen LogP contribution in [0.15, 0.2) is 77.4 Å². The number of carbonyl (C=O) groups excluding carboxylic acids is 1. The summed E-state index contributed by atoms with van der Waals surface area (Å²) in [4.78, 5) is 16.7. The van der Waals surface area contributed by atoms with Gasteiger partial charge in [0.05, 0.1) is 10.6 Å². The predicted octanol–water partition coefficient (Wildman–Crippen LogP) is 6.52. The first-order valence-electron chi connectivity index (χ1n) is 8.94. The van der Waals surface area contributed by atoms with Crippen molar-refractivity contribution in [3.63, 3.8) is 0 Å². The molecule has 0 amide bonds. The normalized spacial score (nSPS) is 14.6. The van der Waals surface area contributed by atoms with E-state index < -0.39 is 5.97 Å². The van der Waals surface area contributed by atoms with Crippen LogP contribution in [0.2, 0.25) is 10.0 Å². The van der Waals surface area contributed by atoms with Gasteiger partial charge in [-0.2, -0.15) is 0 Å². The Balaban J connectivity index is 1.60. The molecule has 0 N–H and O–H groups in total.